The summed E-state index contributed by atoms with van der Waals surface area (Å²) in [7, 11) is 2.23. The highest BCUT2D eigenvalue weighted by Gasteiger charge is 2.11. The number of aryl methyl sites for hydroxylation is 1. The molecular formula is C16H27N3. The minimum atomic E-state index is 0.875. The van der Waals surface area contributed by atoms with Crippen LogP contribution < -0.4 is 5.73 Å². The molecule has 0 aromatic heterocycles. The largest absolute Gasteiger partial charge is 0.399 e. The van der Waals surface area contributed by atoms with Crippen LogP contribution >= 0.6 is 0 Å². The van der Waals surface area contributed by atoms with Gasteiger partial charge < -0.3 is 15.5 Å². The Morgan fingerprint density at radius 2 is 2.00 bits per heavy atom. The van der Waals surface area contributed by atoms with Crippen LogP contribution in [0, 0.1) is 0 Å². The number of anilines is 1. The van der Waals surface area contributed by atoms with Gasteiger partial charge in [0.2, 0.25) is 0 Å². The number of hydrogen-bond donors (Lipinski definition) is 1. The second-order valence-corrected chi connectivity index (χ2v) is 5.70. The number of nitrogens with two attached hydrogens (primary N) is 1. The smallest absolute Gasteiger partial charge is 0.0316 e. The lowest BCUT2D eigenvalue weighted by atomic mass is 10.1. The molecule has 0 saturated carbocycles. The lowest BCUT2D eigenvalue weighted by Crippen LogP contribution is -2.32. The number of hydrogen-bond acceptors (Lipinski definition) is 3. The zero-order valence-electron chi connectivity index (χ0n) is 12.1. The topological polar surface area (TPSA) is 32.5 Å². The average Bonchev–Trinajstić information content (AvgIpc) is 2.89. The van der Waals surface area contributed by atoms with Crippen LogP contribution in [0.25, 0.3) is 0 Å². The van der Waals surface area contributed by atoms with Gasteiger partial charge in [0, 0.05) is 18.8 Å². The molecule has 0 aliphatic carbocycles. The highest BCUT2D eigenvalue weighted by Crippen LogP contribution is 2.09. The molecule has 0 bridgehead atoms. The van der Waals surface area contributed by atoms with Crippen molar-refractivity contribution in [2.24, 2.45) is 0 Å². The molecule has 0 atom stereocenters. The van der Waals surface area contributed by atoms with Crippen LogP contribution in [0.15, 0.2) is 24.3 Å². The first kappa shape index (κ1) is 14.4. The van der Waals surface area contributed by atoms with Crippen molar-refractivity contribution in [2.45, 2.75) is 25.7 Å². The summed E-state index contributed by atoms with van der Waals surface area (Å²) in [5.41, 5.74) is 8.02. The summed E-state index contributed by atoms with van der Waals surface area (Å²) in [5.74, 6) is 0. The zero-order valence-corrected chi connectivity index (χ0v) is 12.1. The van der Waals surface area contributed by atoms with Crippen molar-refractivity contribution < 1.29 is 0 Å². The quantitative estimate of drug-likeness (QED) is 0.764. The molecule has 1 aromatic carbocycles. The summed E-state index contributed by atoms with van der Waals surface area (Å²) >= 11 is 0. The van der Waals surface area contributed by atoms with Gasteiger partial charge in [-0.05, 0) is 70.1 Å². The van der Waals surface area contributed by atoms with Crippen molar-refractivity contribution in [1.29, 1.82) is 0 Å². The first-order valence-electron chi connectivity index (χ1n) is 7.49. The lowest BCUT2D eigenvalue weighted by molar-refractivity contribution is 0.255. The van der Waals surface area contributed by atoms with Gasteiger partial charge in [-0.3, -0.25) is 0 Å². The standard InChI is InChI=1S/C16H27N3/c1-18(12-13-19-10-2-3-11-19)9-5-7-15-6-4-8-16(17)14-15/h4,6,8,14H,2-3,5,7,9-13,17H2,1H3. The molecule has 0 amide bonds. The summed E-state index contributed by atoms with van der Waals surface area (Å²) < 4.78 is 0. The molecule has 3 nitrogen and oxygen atoms in total. The number of nitrogens with zero attached hydrogens (tertiary/aromatic N) is 2. The maximum atomic E-state index is 5.79. The van der Waals surface area contributed by atoms with Crippen molar-refractivity contribution in [3.05, 3.63) is 29.8 Å². The predicted octanol–water partition coefficient (Wildman–Crippen LogP) is 2.23. The summed E-state index contributed by atoms with van der Waals surface area (Å²) in [6, 6.07) is 8.25. The molecule has 1 aliphatic heterocycles. The molecular weight excluding hydrogens is 234 g/mol. The van der Waals surface area contributed by atoms with E-state index in [0.29, 0.717) is 0 Å². The van der Waals surface area contributed by atoms with E-state index >= 15 is 0 Å². The lowest BCUT2D eigenvalue weighted by Gasteiger charge is -2.21. The van der Waals surface area contributed by atoms with Gasteiger partial charge in [0.05, 0.1) is 0 Å². The fraction of sp³-hybridized carbons (Fsp3) is 0.625. The first-order chi connectivity index (χ1) is 9.24. The second-order valence-electron chi connectivity index (χ2n) is 5.70. The Morgan fingerprint density at radius 3 is 2.74 bits per heavy atom. The third kappa shape index (κ3) is 5.21. The summed E-state index contributed by atoms with van der Waals surface area (Å²) in [6.45, 7) is 6.20. The Hall–Kier alpha value is -1.06. The Kier molecular flexibility index (Phi) is 5.67. The van der Waals surface area contributed by atoms with Gasteiger partial charge in [0.1, 0.15) is 0 Å². The van der Waals surface area contributed by atoms with Crippen LogP contribution in [0.5, 0.6) is 0 Å². The maximum absolute atomic E-state index is 5.79. The third-order valence-electron chi connectivity index (χ3n) is 3.95. The predicted molar refractivity (Wildman–Crippen MR) is 82.3 cm³/mol. The van der Waals surface area contributed by atoms with Gasteiger partial charge in [-0.15, -0.1) is 0 Å². The van der Waals surface area contributed by atoms with E-state index in [9.17, 15) is 0 Å². The zero-order chi connectivity index (χ0) is 13.5. The van der Waals surface area contributed by atoms with Gasteiger partial charge >= 0.3 is 0 Å². The average molecular weight is 261 g/mol. The Morgan fingerprint density at radius 1 is 1.21 bits per heavy atom. The van der Waals surface area contributed by atoms with Crippen molar-refractivity contribution in [3.63, 3.8) is 0 Å². The molecule has 19 heavy (non-hydrogen) atoms. The molecule has 1 saturated heterocycles. The van der Waals surface area contributed by atoms with Gasteiger partial charge in [-0.2, -0.15) is 0 Å². The van der Waals surface area contributed by atoms with Crippen LogP contribution in [0.2, 0.25) is 0 Å². The molecule has 2 N–H and O–H groups in total. The van der Waals surface area contributed by atoms with Gasteiger partial charge in [0.25, 0.3) is 0 Å². The fourth-order valence-corrected chi connectivity index (χ4v) is 2.73. The second kappa shape index (κ2) is 7.51. The van der Waals surface area contributed by atoms with Crippen LogP contribution in [-0.2, 0) is 6.42 Å². The van der Waals surface area contributed by atoms with Crippen LogP contribution in [-0.4, -0.2) is 49.6 Å². The van der Waals surface area contributed by atoms with Crippen molar-refractivity contribution in [2.75, 3.05) is 45.5 Å². The maximum Gasteiger partial charge on any atom is 0.0316 e. The van der Waals surface area contributed by atoms with Crippen molar-refractivity contribution >= 4 is 5.69 Å². The molecule has 106 valence electrons. The number of nitrogen functional groups attached to an aromatic ring is 1. The SMILES string of the molecule is CN(CCCc1cccc(N)c1)CCN1CCCC1. The van der Waals surface area contributed by atoms with Crippen LogP contribution in [0.1, 0.15) is 24.8 Å². The molecule has 1 heterocycles. The minimum Gasteiger partial charge on any atom is -0.399 e. The van der Waals surface area contributed by atoms with Gasteiger partial charge in [-0.1, -0.05) is 12.1 Å². The molecule has 0 radical (unpaired) electrons. The summed E-state index contributed by atoms with van der Waals surface area (Å²) in [4.78, 5) is 5.03. The first-order valence-corrected chi connectivity index (χ1v) is 7.49. The van der Waals surface area contributed by atoms with E-state index < -0.39 is 0 Å². The molecule has 0 spiro atoms. The molecule has 0 unspecified atom stereocenters. The summed E-state index contributed by atoms with van der Waals surface area (Å²) in [6.07, 6.45) is 5.11. The molecule has 1 aromatic rings. The molecule has 1 fully saturated rings. The van der Waals surface area contributed by atoms with E-state index in [1.54, 1.807) is 0 Å². The van der Waals surface area contributed by atoms with Crippen molar-refractivity contribution in [3.8, 4) is 0 Å². The van der Waals surface area contributed by atoms with E-state index in [0.717, 1.165) is 12.1 Å². The molecule has 3 heteroatoms. The highest BCUT2D eigenvalue weighted by molar-refractivity contribution is 5.40. The number of benzene rings is 1. The third-order valence-corrected chi connectivity index (χ3v) is 3.95. The minimum absolute atomic E-state index is 0.875. The number of rotatable bonds is 7. The Bertz CT molecular complexity index is 372. The highest BCUT2D eigenvalue weighted by atomic mass is 15.2. The fourth-order valence-electron chi connectivity index (χ4n) is 2.73. The van der Waals surface area contributed by atoms with Gasteiger partial charge in [-0.25, -0.2) is 0 Å². The van der Waals surface area contributed by atoms with E-state index in [2.05, 4.69) is 29.0 Å². The monoisotopic (exact) mass is 261 g/mol. The number of likely N-dealkylation sites (tertiary alicyclic amines) is 1. The van der Waals surface area contributed by atoms with Gasteiger partial charge in [0.15, 0.2) is 0 Å². The molecule has 2 rings (SSSR count). The van der Waals surface area contributed by atoms with E-state index in [-0.39, 0.29) is 0 Å². The van der Waals surface area contributed by atoms with Crippen LogP contribution in [0.4, 0.5) is 5.69 Å². The van der Waals surface area contributed by atoms with Crippen molar-refractivity contribution in [1.82, 2.24) is 9.80 Å². The summed E-state index contributed by atoms with van der Waals surface area (Å²) in [5, 5.41) is 0. The Labute approximate surface area is 117 Å². The molecule has 1 aliphatic rings. The Balaban J connectivity index is 1.59. The normalized spacial score (nSPS) is 16.3. The van der Waals surface area contributed by atoms with E-state index in [4.69, 9.17) is 5.73 Å². The van der Waals surface area contributed by atoms with E-state index in [1.165, 1.54) is 57.5 Å². The van der Waals surface area contributed by atoms with Crippen LogP contribution in [0.3, 0.4) is 0 Å². The van der Waals surface area contributed by atoms with E-state index in [1.807, 2.05) is 12.1 Å². The number of likely N-dealkylation sites (N-methyl/N-ethyl adjacent to an activating group) is 1.